The number of nitrogens with one attached hydrogen (secondary N) is 1. The molecule has 0 radical (unpaired) electrons. The van der Waals surface area contributed by atoms with E-state index in [1.807, 2.05) is 19.1 Å². The topological polar surface area (TPSA) is 59.5 Å². The lowest BCUT2D eigenvalue weighted by molar-refractivity contribution is 0.122. The summed E-state index contributed by atoms with van der Waals surface area (Å²) in [6.07, 6.45) is 1.54. The molecule has 1 fully saturated rings. The molecule has 6 nitrogen and oxygen atoms in total. The zero-order chi connectivity index (χ0) is 16.9. The van der Waals surface area contributed by atoms with Crippen molar-refractivity contribution in [3.05, 3.63) is 42.0 Å². The monoisotopic (exact) mass is 332 g/mol. The van der Waals surface area contributed by atoms with E-state index in [2.05, 4.69) is 20.2 Å². The average Bonchev–Trinajstić information content (AvgIpc) is 2.62. The SMILES string of the molecule is COc1ccc(C(C)Nc2cc(N3CCOCC3)ncn2)cc1F. The van der Waals surface area contributed by atoms with Gasteiger partial charge in [0.05, 0.1) is 26.4 Å². The standard InChI is InChI=1S/C17H21FN4O2/c1-12(13-3-4-15(23-2)14(18)9-13)21-16-10-17(20-11-19-16)22-5-7-24-8-6-22/h3-4,9-12H,5-8H2,1-2H3,(H,19,20,21). The molecule has 0 aliphatic carbocycles. The summed E-state index contributed by atoms with van der Waals surface area (Å²) in [5, 5.41) is 3.29. The van der Waals surface area contributed by atoms with Gasteiger partial charge in [0.15, 0.2) is 11.6 Å². The van der Waals surface area contributed by atoms with E-state index in [1.54, 1.807) is 6.07 Å². The summed E-state index contributed by atoms with van der Waals surface area (Å²) in [5.74, 6) is 1.43. The van der Waals surface area contributed by atoms with Gasteiger partial charge in [-0.15, -0.1) is 0 Å². The molecular formula is C17H21FN4O2. The van der Waals surface area contributed by atoms with E-state index in [0.29, 0.717) is 19.0 Å². The normalized spacial score (nSPS) is 15.9. The highest BCUT2D eigenvalue weighted by atomic mass is 19.1. The molecule has 1 aromatic carbocycles. The van der Waals surface area contributed by atoms with Crippen LogP contribution in [0.3, 0.4) is 0 Å². The summed E-state index contributed by atoms with van der Waals surface area (Å²) in [5.41, 5.74) is 0.819. The summed E-state index contributed by atoms with van der Waals surface area (Å²) in [6.45, 7) is 4.99. The van der Waals surface area contributed by atoms with Crippen LogP contribution in [-0.4, -0.2) is 43.4 Å². The fourth-order valence-electron chi connectivity index (χ4n) is 2.65. The van der Waals surface area contributed by atoms with Crippen molar-refractivity contribution in [3.63, 3.8) is 0 Å². The van der Waals surface area contributed by atoms with Gasteiger partial charge in [-0.05, 0) is 24.6 Å². The van der Waals surface area contributed by atoms with Gasteiger partial charge in [0.1, 0.15) is 18.0 Å². The second-order valence-electron chi connectivity index (χ2n) is 5.62. The van der Waals surface area contributed by atoms with Crippen LogP contribution in [-0.2, 0) is 4.74 Å². The lowest BCUT2D eigenvalue weighted by Crippen LogP contribution is -2.36. The number of nitrogens with zero attached hydrogens (tertiary/aromatic N) is 3. The van der Waals surface area contributed by atoms with E-state index in [9.17, 15) is 4.39 Å². The molecule has 1 unspecified atom stereocenters. The summed E-state index contributed by atoms with van der Waals surface area (Å²) >= 11 is 0. The summed E-state index contributed by atoms with van der Waals surface area (Å²) in [6, 6.07) is 6.74. The smallest absolute Gasteiger partial charge is 0.165 e. The van der Waals surface area contributed by atoms with Crippen molar-refractivity contribution in [2.45, 2.75) is 13.0 Å². The number of anilines is 2. The molecule has 0 spiro atoms. The number of benzene rings is 1. The highest BCUT2D eigenvalue weighted by Crippen LogP contribution is 2.24. The van der Waals surface area contributed by atoms with Crippen LogP contribution in [0.25, 0.3) is 0 Å². The van der Waals surface area contributed by atoms with Gasteiger partial charge in [-0.2, -0.15) is 0 Å². The molecular weight excluding hydrogens is 311 g/mol. The largest absolute Gasteiger partial charge is 0.494 e. The predicted octanol–water partition coefficient (Wildman–Crippen LogP) is 2.63. The molecule has 1 aliphatic heterocycles. The number of morpholine rings is 1. The van der Waals surface area contributed by atoms with Crippen molar-refractivity contribution in [1.29, 1.82) is 0 Å². The third kappa shape index (κ3) is 3.73. The van der Waals surface area contributed by atoms with Crippen molar-refractivity contribution >= 4 is 11.6 Å². The Morgan fingerprint density at radius 2 is 2.04 bits per heavy atom. The Bertz CT molecular complexity index is 692. The molecule has 24 heavy (non-hydrogen) atoms. The van der Waals surface area contributed by atoms with Crippen LogP contribution in [0.15, 0.2) is 30.6 Å². The fraction of sp³-hybridized carbons (Fsp3) is 0.412. The lowest BCUT2D eigenvalue weighted by atomic mass is 10.1. The highest BCUT2D eigenvalue weighted by molar-refractivity contribution is 5.50. The van der Waals surface area contributed by atoms with Crippen LogP contribution in [0.5, 0.6) is 5.75 Å². The molecule has 1 saturated heterocycles. The number of hydrogen-bond acceptors (Lipinski definition) is 6. The first kappa shape index (κ1) is 16.4. The number of hydrogen-bond donors (Lipinski definition) is 1. The molecule has 0 saturated carbocycles. The Morgan fingerprint density at radius 3 is 2.75 bits per heavy atom. The van der Waals surface area contributed by atoms with Crippen LogP contribution in [0, 0.1) is 5.82 Å². The molecule has 128 valence electrons. The van der Waals surface area contributed by atoms with E-state index in [-0.39, 0.29) is 17.6 Å². The zero-order valence-corrected chi connectivity index (χ0v) is 13.8. The molecule has 3 rings (SSSR count). The Kier molecular flexibility index (Phi) is 5.10. The van der Waals surface area contributed by atoms with Gasteiger partial charge in [-0.1, -0.05) is 6.07 Å². The van der Waals surface area contributed by atoms with Crippen LogP contribution in [0.4, 0.5) is 16.0 Å². The molecule has 0 amide bonds. The second kappa shape index (κ2) is 7.44. The quantitative estimate of drug-likeness (QED) is 0.908. The Labute approximate surface area is 140 Å². The first-order valence-electron chi connectivity index (χ1n) is 7.92. The van der Waals surface area contributed by atoms with Gasteiger partial charge in [0.2, 0.25) is 0 Å². The molecule has 2 heterocycles. The lowest BCUT2D eigenvalue weighted by Gasteiger charge is -2.28. The average molecular weight is 332 g/mol. The number of ether oxygens (including phenoxy) is 2. The van der Waals surface area contributed by atoms with Crippen molar-refractivity contribution in [3.8, 4) is 5.75 Å². The summed E-state index contributed by atoms with van der Waals surface area (Å²) in [4.78, 5) is 10.7. The maximum atomic E-state index is 13.9. The zero-order valence-electron chi connectivity index (χ0n) is 13.8. The van der Waals surface area contributed by atoms with Crippen LogP contribution in [0.2, 0.25) is 0 Å². The first-order valence-corrected chi connectivity index (χ1v) is 7.92. The third-order valence-corrected chi connectivity index (χ3v) is 4.03. The van der Waals surface area contributed by atoms with Crippen LogP contribution < -0.4 is 15.0 Å². The molecule has 1 aliphatic rings. The molecule has 7 heteroatoms. The van der Waals surface area contributed by atoms with Crippen molar-refractivity contribution in [2.75, 3.05) is 43.6 Å². The number of rotatable bonds is 5. The minimum Gasteiger partial charge on any atom is -0.494 e. The van der Waals surface area contributed by atoms with Crippen LogP contribution in [0.1, 0.15) is 18.5 Å². The van der Waals surface area contributed by atoms with Gasteiger partial charge in [0, 0.05) is 19.2 Å². The third-order valence-electron chi connectivity index (χ3n) is 4.03. The maximum Gasteiger partial charge on any atom is 0.165 e. The highest BCUT2D eigenvalue weighted by Gasteiger charge is 2.14. The van der Waals surface area contributed by atoms with Gasteiger partial charge >= 0.3 is 0 Å². The Hall–Kier alpha value is -2.41. The molecule has 1 N–H and O–H groups in total. The van der Waals surface area contributed by atoms with E-state index in [0.717, 1.165) is 24.5 Å². The first-order chi connectivity index (χ1) is 11.7. The Morgan fingerprint density at radius 1 is 1.25 bits per heavy atom. The van der Waals surface area contributed by atoms with E-state index in [4.69, 9.17) is 9.47 Å². The molecule has 0 bridgehead atoms. The Balaban J connectivity index is 1.72. The molecule has 1 aromatic heterocycles. The van der Waals surface area contributed by atoms with Crippen molar-refractivity contribution in [2.24, 2.45) is 0 Å². The molecule has 1 atom stereocenters. The summed E-state index contributed by atoms with van der Waals surface area (Å²) < 4.78 is 24.2. The van der Waals surface area contributed by atoms with Crippen molar-refractivity contribution < 1.29 is 13.9 Å². The van der Waals surface area contributed by atoms with Gasteiger partial charge in [0.25, 0.3) is 0 Å². The number of aromatic nitrogens is 2. The predicted molar refractivity (Wildman–Crippen MR) is 90.1 cm³/mol. The number of halogens is 1. The van der Waals surface area contributed by atoms with Gasteiger partial charge in [-0.3, -0.25) is 0 Å². The fourth-order valence-corrected chi connectivity index (χ4v) is 2.65. The number of methoxy groups -OCH3 is 1. The van der Waals surface area contributed by atoms with E-state index >= 15 is 0 Å². The second-order valence-corrected chi connectivity index (χ2v) is 5.62. The minimum atomic E-state index is -0.375. The van der Waals surface area contributed by atoms with Gasteiger partial charge in [-0.25, -0.2) is 14.4 Å². The molecule has 2 aromatic rings. The van der Waals surface area contributed by atoms with Gasteiger partial charge < -0.3 is 19.7 Å². The van der Waals surface area contributed by atoms with Crippen LogP contribution >= 0.6 is 0 Å². The maximum absolute atomic E-state index is 13.9. The van der Waals surface area contributed by atoms with Crippen molar-refractivity contribution in [1.82, 2.24) is 9.97 Å². The minimum absolute atomic E-state index is 0.0992. The van der Waals surface area contributed by atoms with E-state index < -0.39 is 0 Å². The summed E-state index contributed by atoms with van der Waals surface area (Å²) in [7, 11) is 1.45. The van der Waals surface area contributed by atoms with E-state index in [1.165, 1.54) is 19.5 Å².